The van der Waals surface area contributed by atoms with E-state index >= 15 is 0 Å². The molecule has 0 bridgehead atoms. The number of benzene rings is 4. The molecule has 196 valence electrons. The predicted molar refractivity (Wildman–Crippen MR) is 154 cm³/mol. The maximum atomic E-state index is 11.0. The van der Waals surface area contributed by atoms with Crippen molar-refractivity contribution in [2.75, 3.05) is 0 Å². The topological polar surface area (TPSA) is 79.4 Å². The molecule has 6 heteroatoms. The van der Waals surface area contributed by atoms with Gasteiger partial charge in [0, 0.05) is 37.4 Å². The van der Waals surface area contributed by atoms with E-state index in [1.165, 1.54) is 0 Å². The minimum Gasteiger partial charge on any atom is -0.507 e. The second-order valence-corrected chi connectivity index (χ2v) is 9.35. The molecule has 7 rings (SSSR count). The van der Waals surface area contributed by atoms with Crippen molar-refractivity contribution < 1.29 is 35.7 Å². The average Bonchev–Trinajstić information content (AvgIpc) is 3.35. The van der Waals surface area contributed by atoms with Gasteiger partial charge in [0.25, 0.3) is 0 Å². The van der Waals surface area contributed by atoms with E-state index in [9.17, 15) is 10.2 Å². The molecule has 3 aromatic heterocycles. The summed E-state index contributed by atoms with van der Waals surface area (Å²) < 4.78 is 6.37. The Bertz CT molecular complexity index is 2000. The maximum absolute atomic E-state index is 11.0. The fraction of sp³-hybridized carbons (Fsp3) is 0. The third kappa shape index (κ3) is 4.45. The molecule has 4 aromatic carbocycles. The largest absolute Gasteiger partial charge is 0.507 e. The zero-order valence-electron chi connectivity index (χ0n) is 21.1. The molecule has 0 atom stereocenters. The Morgan fingerprint density at radius 2 is 1.15 bits per heavy atom. The molecule has 0 aliphatic heterocycles. The molecule has 5 nitrogen and oxygen atoms in total. The van der Waals surface area contributed by atoms with Crippen LogP contribution in [-0.2, 0) is 21.1 Å². The second kappa shape index (κ2) is 10.4. The van der Waals surface area contributed by atoms with E-state index in [1.807, 2.05) is 78.9 Å². The SMILES string of the molecule is Oc1ccccc1-c1cccc(-c2cccc(-c3c(O)ccc4c3oc3cc(-c5ccccc5)ccc34)n2)n1.[Pt]. The van der Waals surface area contributed by atoms with Crippen LogP contribution in [0.4, 0.5) is 0 Å². The summed E-state index contributed by atoms with van der Waals surface area (Å²) in [5.74, 6) is 0.256. The van der Waals surface area contributed by atoms with E-state index in [0.29, 0.717) is 39.5 Å². The Balaban J connectivity index is 0.00000289. The molecule has 3 heterocycles. The minimum absolute atomic E-state index is 0. The van der Waals surface area contributed by atoms with E-state index < -0.39 is 0 Å². The zero-order chi connectivity index (χ0) is 26.3. The van der Waals surface area contributed by atoms with Crippen LogP contribution in [0.2, 0.25) is 0 Å². The number of para-hydroxylation sites is 1. The van der Waals surface area contributed by atoms with Gasteiger partial charge in [-0.15, -0.1) is 0 Å². The van der Waals surface area contributed by atoms with Crippen molar-refractivity contribution in [3.8, 4) is 56.5 Å². The average molecular weight is 702 g/mol. The van der Waals surface area contributed by atoms with Crippen molar-refractivity contribution in [3.05, 3.63) is 121 Å². The number of phenols is 2. The van der Waals surface area contributed by atoms with E-state index in [1.54, 1.807) is 18.2 Å². The summed E-state index contributed by atoms with van der Waals surface area (Å²) in [5.41, 5.74) is 7.19. The van der Waals surface area contributed by atoms with Crippen LogP contribution in [0.5, 0.6) is 11.5 Å². The van der Waals surface area contributed by atoms with Crippen molar-refractivity contribution in [1.82, 2.24) is 9.97 Å². The molecule has 0 fully saturated rings. The molecule has 0 radical (unpaired) electrons. The van der Waals surface area contributed by atoms with Gasteiger partial charge in [-0.25, -0.2) is 9.97 Å². The number of nitrogens with zero attached hydrogens (tertiary/aromatic N) is 2. The van der Waals surface area contributed by atoms with Crippen LogP contribution in [0.1, 0.15) is 0 Å². The smallest absolute Gasteiger partial charge is 0.148 e. The first-order valence-corrected chi connectivity index (χ1v) is 12.6. The fourth-order valence-electron chi connectivity index (χ4n) is 5.02. The van der Waals surface area contributed by atoms with E-state index in [4.69, 9.17) is 14.4 Å². The van der Waals surface area contributed by atoms with Crippen molar-refractivity contribution >= 4 is 21.9 Å². The Hall–Kier alpha value is -4.73. The van der Waals surface area contributed by atoms with E-state index in [-0.39, 0.29) is 32.6 Å². The molecular weight excluding hydrogens is 679 g/mol. The standard InChI is InChI=1S/C34H22N2O3.Pt/c37-30-15-5-4-10-25(30)26-11-6-12-27(35-26)28-13-7-14-29(36-28)33-31(38)19-18-24-23-17-16-22(20-32(23)39-34(24)33)21-8-2-1-3-9-21;/h1-20,37-38H;. The van der Waals surface area contributed by atoms with Crippen molar-refractivity contribution in [3.63, 3.8) is 0 Å². The van der Waals surface area contributed by atoms with Crippen molar-refractivity contribution in [1.29, 1.82) is 0 Å². The van der Waals surface area contributed by atoms with Crippen LogP contribution in [0.3, 0.4) is 0 Å². The number of rotatable bonds is 4. The summed E-state index contributed by atoms with van der Waals surface area (Å²) >= 11 is 0. The van der Waals surface area contributed by atoms with Crippen LogP contribution in [0.25, 0.3) is 67.0 Å². The molecule has 0 aliphatic carbocycles. The van der Waals surface area contributed by atoms with Gasteiger partial charge in [-0.2, -0.15) is 0 Å². The number of phenolic OH excluding ortho intramolecular Hbond substituents is 2. The van der Waals surface area contributed by atoms with Crippen LogP contribution >= 0.6 is 0 Å². The molecule has 0 spiro atoms. The van der Waals surface area contributed by atoms with Gasteiger partial charge >= 0.3 is 0 Å². The predicted octanol–water partition coefficient (Wildman–Crippen LogP) is 8.45. The van der Waals surface area contributed by atoms with Gasteiger partial charge < -0.3 is 14.6 Å². The van der Waals surface area contributed by atoms with Crippen molar-refractivity contribution in [2.24, 2.45) is 0 Å². The Morgan fingerprint density at radius 3 is 1.93 bits per heavy atom. The van der Waals surface area contributed by atoms with Gasteiger partial charge in [0.05, 0.1) is 28.3 Å². The summed E-state index contributed by atoms with van der Waals surface area (Å²) in [5, 5.41) is 23.1. The normalized spacial score (nSPS) is 11.0. The van der Waals surface area contributed by atoms with Gasteiger partial charge in [0.15, 0.2) is 0 Å². The van der Waals surface area contributed by atoms with Crippen molar-refractivity contribution in [2.45, 2.75) is 0 Å². The molecule has 0 aliphatic rings. The summed E-state index contributed by atoms with van der Waals surface area (Å²) in [6, 6.07) is 38.3. The number of aromatic nitrogens is 2. The Kier molecular flexibility index (Phi) is 6.67. The second-order valence-electron chi connectivity index (χ2n) is 9.35. The zero-order valence-corrected chi connectivity index (χ0v) is 23.3. The van der Waals surface area contributed by atoms with Gasteiger partial charge in [-0.1, -0.05) is 60.7 Å². The summed E-state index contributed by atoms with van der Waals surface area (Å²) in [6.45, 7) is 0. The fourth-order valence-corrected chi connectivity index (χ4v) is 5.02. The van der Waals surface area contributed by atoms with E-state index in [0.717, 1.165) is 27.5 Å². The monoisotopic (exact) mass is 701 g/mol. The van der Waals surface area contributed by atoms with Gasteiger partial charge in [0.1, 0.15) is 22.7 Å². The Morgan fingerprint density at radius 1 is 0.500 bits per heavy atom. The summed E-state index contributed by atoms with van der Waals surface area (Å²) in [7, 11) is 0. The molecule has 0 amide bonds. The first-order valence-electron chi connectivity index (χ1n) is 12.6. The van der Waals surface area contributed by atoms with Gasteiger partial charge in [0.2, 0.25) is 0 Å². The maximum Gasteiger partial charge on any atom is 0.148 e. The van der Waals surface area contributed by atoms with Gasteiger partial charge in [-0.05, 0) is 71.8 Å². The third-order valence-electron chi connectivity index (χ3n) is 6.92. The minimum atomic E-state index is 0. The molecule has 2 N–H and O–H groups in total. The number of hydrogen-bond acceptors (Lipinski definition) is 5. The Labute approximate surface area is 244 Å². The number of furan rings is 1. The first kappa shape index (κ1) is 25.5. The summed E-state index contributed by atoms with van der Waals surface area (Å²) in [6.07, 6.45) is 0. The number of pyridine rings is 2. The quantitative estimate of drug-likeness (QED) is 0.193. The van der Waals surface area contributed by atoms with E-state index in [2.05, 4.69) is 24.3 Å². The van der Waals surface area contributed by atoms with Crippen LogP contribution in [0.15, 0.2) is 126 Å². The molecule has 7 aromatic rings. The van der Waals surface area contributed by atoms with Crippen LogP contribution in [-0.4, -0.2) is 20.2 Å². The number of aromatic hydroxyl groups is 2. The number of fused-ring (bicyclic) bond motifs is 3. The summed E-state index contributed by atoms with van der Waals surface area (Å²) in [4.78, 5) is 9.63. The molecule has 0 saturated carbocycles. The molecule has 40 heavy (non-hydrogen) atoms. The number of hydrogen-bond donors (Lipinski definition) is 2. The van der Waals surface area contributed by atoms with Crippen LogP contribution in [0, 0.1) is 0 Å². The first-order chi connectivity index (χ1) is 19.2. The third-order valence-corrected chi connectivity index (χ3v) is 6.92. The molecule has 0 saturated heterocycles. The van der Waals surface area contributed by atoms with Gasteiger partial charge in [-0.3, -0.25) is 0 Å². The molecule has 0 unspecified atom stereocenters. The van der Waals surface area contributed by atoms with Crippen LogP contribution < -0.4 is 0 Å². The molecular formula is C34H22N2O3Pt.